The summed E-state index contributed by atoms with van der Waals surface area (Å²) in [6, 6.07) is 8.24. The number of ketones is 1. The first kappa shape index (κ1) is 21.7. The average Bonchev–Trinajstić information content (AvgIpc) is 3.13. The minimum atomic E-state index is 0.0664. The fourth-order valence-electron chi connectivity index (χ4n) is 5.13. The molecular weight excluding hydrogens is 386 g/mol. The lowest BCUT2D eigenvalue weighted by atomic mass is 9.77. The highest BCUT2D eigenvalue weighted by atomic mass is 16.5. The number of hydrogen-bond acceptors (Lipinski definition) is 5. The van der Waals surface area contributed by atoms with Gasteiger partial charge in [0.1, 0.15) is 5.75 Å². The Morgan fingerprint density at radius 1 is 1.06 bits per heavy atom. The van der Waals surface area contributed by atoms with Crippen LogP contribution in [0, 0.1) is 11.8 Å². The number of piperazine rings is 1. The zero-order valence-corrected chi connectivity index (χ0v) is 18.6. The molecule has 1 saturated carbocycles. The van der Waals surface area contributed by atoms with Gasteiger partial charge in [-0.1, -0.05) is 43.5 Å². The number of benzene rings is 1. The minimum Gasteiger partial charge on any atom is -0.495 e. The van der Waals surface area contributed by atoms with E-state index in [9.17, 15) is 4.79 Å². The van der Waals surface area contributed by atoms with Crippen molar-refractivity contribution in [3.05, 3.63) is 60.5 Å². The third-order valence-electron chi connectivity index (χ3n) is 6.89. The lowest BCUT2D eigenvalue weighted by Crippen LogP contribution is -2.50. The van der Waals surface area contributed by atoms with Crippen LogP contribution in [0.1, 0.15) is 32.1 Å². The molecule has 1 aromatic carbocycles. The second kappa shape index (κ2) is 10.7. The van der Waals surface area contributed by atoms with E-state index in [0.717, 1.165) is 49.9 Å². The Kier molecular flexibility index (Phi) is 7.47. The zero-order chi connectivity index (χ0) is 21.5. The minimum absolute atomic E-state index is 0.0664. The number of anilines is 1. The maximum absolute atomic E-state index is 13.5. The third-order valence-corrected chi connectivity index (χ3v) is 6.89. The number of allylic oxidation sites excluding steroid dienone is 5. The Balaban J connectivity index is 1.42. The van der Waals surface area contributed by atoms with Crippen molar-refractivity contribution in [2.24, 2.45) is 11.8 Å². The van der Waals surface area contributed by atoms with Crippen LogP contribution in [0.3, 0.4) is 0 Å². The first-order chi connectivity index (χ1) is 15.3. The summed E-state index contributed by atoms with van der Waals surface area (Å²) in [5, 5.41) is 3.21. The maximum atomic E-state index is 13.5. The molecular formula is C26H35N3O2. The van der Waals surface area contributed by atoms with Gasteiger partial charge in [-0.05, 0) is 43.0 Å². The lowest BCUT2D eigenvalue weighted by molar-refractivity contribution is -0.122. The average molecular weight is 422 g/mol. The van der Waals surface area contributed by atoms with E-state index < -0.39 is 0 Å². The molecule has 0 spiro atoms. The molecule has 5 nitrogen and oxygen atoms in total. The number of methoxy groups -OCH3 is 1. The van der Waals surface area contributed by atoms with Gasteiger partial charge in [-0.15, -0.1) is 0 Å². The molecule has 3 aliphatic rings. The third kappa shape index (κ3) is 5.40. The molecule has 1 N–H and O–H groups in total. The Labute approximate surface area is 186 Å². The summed E-state index contributed by atoms with van der Waals surface area (Å²) in [4.78, 5) is 18.4. The van der Waals surface area contributed by atoms with E-state index in [4.69, 9.17) is 4.74 Å². The molecule has 5 heteroatoms. The molecule has 1 atom stereocenters. The fourth-order valence-corrected chi connectivity index (χ4v) is 5.13. The molecule has 4 rings (SSSR count). The summed E-state index contributed by atoms with van der Waals surface area (Å²) in [5.74, 6) is 1.76. The van der Waals surface area contributed by atoms with Crippen LogP contribution in [0.4, 0.5) is 5.69 Å². The largest absolute Gasteiger partial charge is 0.495 e. The van der Waals surface area contributed by atoms with E-state index in [1.165, 1.54) is 32.1 Å². The van der Waals surface area contributed by atoms with Gasteiger partial charge in [-0.3, -0.25) is 9.69 Å². The first-order valence-corrected chi connectivity index (χ1v) is 11.7. The highest BCUT2D eigenvalue weighted by Gasteiger charge is 2.33. The van der Waals surface area contributed by atoms with Gasteiger partial charge in [0.2, 0.25) is 0 Å². The number of ether oxygens (including phenoxy) is 1. The molecule has 0 aromatic heterocycles. The monoisotopic (exact) mass is 421 g/mol. The molecule has 1 aromatic rings. The highest BCUT2D eigenvalue weighted by Crippen LogP contribution is 2.33. The molecule has 0 amide bonds. The number of nitrogens with one attached hydrogen (secondary N) is 1. The summed E-state index contributed by atoms with van der Waals surface area (Å²) in [6.45, 7) is 4.72. The Hall–Kier alpha value is -2.53. The maximum Gasteiger partial charge on any atom is 0.183 e. The summed E-state index contributed by atoms with van der Waals surface area (Å²) in [6.07, 6.45) is 15.8. The Bertz CT molecular complexity index is 831. The van der Waals surface area contributed by atoms with Crippen molar-refractivity contribution in [3.63, 3.8) is 0 Å². The predicted octanol–water partition coefficient (Wildman–Crippen LogP) is 4.14. The normalized spacial score (nSPS) is 21.2. The molecule has 166 valence electrons. The van der Waals surface area contributed by atoms with E-state index in [1.54, 1.807) is 7.11 Å². The van der Waals surface area contributed by atoms with Crippen molar-refractivity contribution in [1.82, 2.24) is 10.2 Å². The van der Waals surface area contributed by atoms with Crippen molar-refractivity contribution in [2.75, 3.05) is 44.7 Å². The molecule has 2 aliphatic heterocycles. The number of nitrogens with zero attached hydrogens (tertiary/aromatic N) is 2. The first-order valence-electron chi connectivity index (χ1n) is 11.7. The summed E-state index contributed by atoms with van der Waals surface area (Å²) in [7, 11) is 1.73. The number of rotatable bonds is 7. The van der Waals surface area contributed by atoms with Crippen molar-refractivity contribution in [1.29, 1.82) is 0 Å². The fraction of sp³-hybridized carbons (Fsp3) is 0.500. The van der Waals surface area contributed by atoms with E-state index in [2.05, 4.69) is 27.2 Å². The zero-order valence-electron chi connectivity index (χ0n) is 18.6. The van der Waals surface area contributed by atoms with Gasteiger partial charge in [-0.25, -0.2) is 0 Å². The van der Waals surface area contributed by atoms with Crippen LogP contribution < -0.4 is 15.0 Å². The van der Waals surface area contributed by atoms with Gasteiger partial charge in [0, 0.05) is 44.8 Å². The van der Waals surface area contributed by atoms with Crippen LogP contribution >= 0.6 is 0 Å². The molecule has 31 heavy (non-hydrogen) atoms. The molecule has 0 radical (unpaired) electrons. The number of para-hydroxylation sites is 2. The number of carbonyl (C=O) groups excluding carboxylic acids is 1. The summed E-state index contributed by atoms with van der Waals surface area (Å²) < 4.78 is 5.55. The number of hydrogen-bond donors (Lipinski definition) is 1. The predicted molar refractivity (Wildman–Crippen MR) is 126 cm³/mol. The molecule has 1 saturated heterocycles. The van der Waals surface area contributed by atoms with Gasteiger partial charge in [0.25, 0.3) is 0 Å². The summed E-state index contributed by atoms with van der Waals surface area (Å²) in [5.41, 5.74) is 1.89. The van der Waals surface area contributed by atoms with E-state index >= 15 is 0 Å². The topological polar surface area (TPSA) is 44.8 Å². The van der Waals surface area contributed by atoms with E-state index in [-0.39, 0.29) is 11.7 Å². The van der Waals surface area contributed by atoms with Gasteiger partial charge in [0.05, 0.1) is 18.5 Å². The summed E-state index contributed by atoms with van der Waals surface area (Å²) >= 11 is 0. The standard InChI is InChI=1S/C26H35N3O2/c1-31-25-14-8-7-13-24(25)29-18-16-28(17-19-29)20-22(21-10-4-2-5-11-21)26(30)23-12-6-3-9-15-27-23/h3,6-9,12-15,21-22,27H,2,4-5,10-11,16-20H2,1H3. The molecule has 2 heterocycles. The molecule has 0 bridgehead atoms. The molecule has 1 aliphatic carbocycles. The van der Waals surface area contributed by atoms with Crippen LogP contribution in [-0.2, 0) is 4.79 Å². The van der Waals surface area contributed by atoms with Crippen molar-refractivity contribution < 1.29 is 9.53 Å². The smallest absolute Gasteiger partial charge is 0.183 e. The number of Topliss-reactive ketones (excluding diaryl/α,β-unsaturated/α-hetero) is 1. The van der Waals surface area contributed by atoms with Crippen LogP contribution in [0.2, 0.25) is 0 Å². The van der Waals surface area contributed by atoms with Crippen molar-refractivity contribution in [2.45, 2.75) is 32.1 Å². The second-order valence-corrected chi connectivity index (χ2v) is 8.80. The Morgan fingerprint density at radius 3 is 2.61 bits per heavy atom. The van der Waals surface area contributed by atoms with Crippen LogP contribution in [-0.4, -0.2) is 50.5 Å². The van der Waals surface area contributed by atoms with Gasteiger partial charge in [-0.2, -0.15) is 0 Å². The molecule has 2 fully saturated rings. The SMILES string of the molecule is COc1ccccc1N1CCN(CC(C(=O)C2=CC=CC=CN2)C2CCCCC2)CC1. The highest BCUT2D eigenvalue weighted by molar-refractivity contribution is 5.97. The second-order valence-electron chi connectivity index (χ2n) is 8.80. The van der Waals surface area contributed by atoms with Crippen LogP contribution in [0.15, 0.2) is 60.5 Å². The quantitative estimate of drug-likeness (QED) is 0.717. The van der Waals surface area contributed by atoms with Crippen molar-refractivity contribution >= 4 is 11.5 Å². The van der Waals surface area contributed by atoms with Gasteiger partial charge >= 0.3 is 0 Å². The van der Waals surface area contributed by atoms with Gasteiger partial charge < -0.3 is 15.0 Å². The van der Waals surface area contributed by atoms with Crippen LogP contribution in [0.5, 0.6) is 5.75 Å². The van der Waals surface area contributed by atoms with Crippen LogP contribution in [0.25, 0.3) is 0 Å². The number of carbonyl (C=O) groups is 1. The molecule has 1 unspecified atom stereocenters. The van der Waals surface area contributed by atoms with Crippen molar-refractivity contribution in [3.8, 4) is 5.75 Å². The van der Waals surface area contributed by atoms with E-state index in [0.29, 0.717) is 5.92 Å². The Morgan fingerprint density at radius 2 is 1.84 bits per heavy atom. The van der Waals surface area contributed by atoms with Gasteiger partial charge in [0.15, 0.2) is 5.78 Å². The van der Waals surface area contributed by atoms with E-state index in [1.807, 2.05) is 42.6 Å². The lowest BCUT2D eigenvalue weighted by Gasteiger charge is -2.39.